The Bertz CT molecular complexity index is 329. The summed E-state index contributed by atoms with van der Waals surface area (Å²) in [6.45, 7) is 5.01. The van der Waals surface area contributed by atoms with Gasteiger partial charge >= 0.3 is 5.97 Å². The minimum atomic E-state index is -0.120. The number of ether oxygens (including phenoxy) is 1. The number of amides is 1. The fourth-order valence-corrected chi connectivity index (χ4v) is 2.49. The van der Waals surface area contributed by atoms with Gasteiger partial charge in [0.2, 0.25) is 5.91 Å². The molecule has 108 valence electrons. The topological polar surface area (TPSA) is 58.6 Å². The summed E-state index contributed by atoms with van der Waals surface area (Å²) in [5.41, 5.74) is 0. The van der Waals surface area contributed by atoms with Crippen LogP contribution in [0.15, 0.2) is 0 Å². The van der Waals surface area contributed by atoms with Crippen LogP contribution >= 0.6 is 0 Å². The predicted molar refractivity (Wildman–Crippen MR) is 71.5 cm³/mol. The molecule has 5 nitrogen and oxygen atoms in total. The maximum absolute atomic E-state index is 11.8. The van der Waals surface area contributed by atoms with Gasteiger partial charge in [-0.15, -0.1) is 0 Å². The van der Waals surface area contributed by atoms with Crippen molar-refractivity contribution in [1.82, 2.24) is 10.2 Å². The van der Waals surface area contributed by atoms with Gasteiger partial charge in [0.1, 0.15) is 0 Å². The van der Waals surface area contributed by atoms with Crippen molar-refractivity contribution in [3.05, 3.63) is 0 Å². The smallest absolute Gasteiger partial charge is 0.310 e. The summed E-state index contributed by atoms with van der Waals surface area (Å²) in [6.07, 6.45) is 4.32. The molecule has 1 aliphatic heterocycles. The monoisotopic (exact) mass is 268 g/mol. The van der Waals surface area contributed by atoms with Gasteiger partial charge in [-0.25, -0.2) is 0 Å². The van der Waals surface area contributed by atoms with Crippen LogP contribution in [0.1, 0.15) is 32.6 Å². The number of hydrogen-bond donors (Lipinski definition) is 1. The third kappa shape index (κ3) is 4.82. The predicted octanol–water partition coefficient (Wildman–Crippen LogP) is 0.788. The second-order valence-electron chi connectivity index (χ2n) is 5.57. The largest absolute Gasteiger partial charge is 0.466 e. The maximum atomic E-state index is 11.8. The molecule has 0 spiro atoms. The molecular weight excluding hydrogens is 244 g/mol. The maximum Gasteiger partial charge on any atom is 0.310 e. The second kappa shape index (κ2) is 6.89. The molecule has 0 aromatic heterocycles. The van der Waals surface area contributed by atoms with Crippen LogP contribution in [0.5, 0.6) is 0 Å². The van der Waals surface area contributed by atoms with Crippen LogP contribution in [-0.4, -0.2) is 49.6 Å². The first kappa shape index (κ1) is 14.3. The van der Waals surface area contributed by atoms with E-state index >= 15 is 0 Å². The van der Waals surface area contributed by atoms with E-state index < -0.39 is 0 Å². The minimum absolute atomic E-state index is 0.0649. The van der Waals surface area contributed by atoms with Crippen LogP contribution in [0.4, 0.5) is 0 Å². The lowest BCUT2D eigenvalue weighted by Gasteiger charge is -2.30. The average molecular weight is 268 g/mol. The number of carbonyl (C=O) groups is 2. The molecule has 0 aromatic rings. The van der Waals surface area contributed by atoms with E-state index in [9.17, 15) is 9.59 Å². The van der Waals surface area contributed by atoms with E-state index in [1.807, 2.05) is 6.92 Å². The number of hydrogen-bond acceptors (Lipinski definition) is 4. The Morgan fingerprint density at radius 1 is 1.32 bits per heavy atom. The quantitative estimate of drug-likeness (QED) is 0.724. The van der Waals surface area contributed by atoms with E-state index in [2.05, 4.69) is 10.2 Å². The summed E-state index contributed by atoms with van der Waals surface area (Å²) < 4.78 is 5.06. The summed E-state index contributed by atoms with van der Waals surface area (Å²) in [7, 11) is 0. The molecule has 0 aromatic carbocycles. The molecule has 0 bridgehead atoms. The van der Waals surface area contributed by atoms with E-state index in [1.165, 1.54) is 12.8 Å². The first-order valence-electron chi connectivity index (χ1n) is 7.34. The summed E-state index contributed by atoms with van der Waals surface area (Å²) >= 11 is 0. The number of nitrogens with zero attached hydrogens (tertiary/aromatic N) is 1. The fourth-order valence-electron chi connectivity index (χ4n) is 2.49. The molecule has 1 heterocycles. The normalized spacial score (nSPS) is 23.9. The number of rotatable bonds is 6. The second-order valence-corrected chi connectivity index (χ2v) is 5.57. The third-order valence-electron chi connectivity index (χ3n) is 3.78. The Morgan fingerprint density at radius 2 is 2.11 bits per heavy atom. The molecule has 5 heteroatoms. The number of esters is 1. The number of piperidine rings is 1. The van der Waals surface area contributed by atoms with Crippen molar-refractivity contribution in [1.29, 1.82) is 0 Å². The van der Waals surface area contributed by atoms with Gasteiger partial charge in [0, 0.05) is 13.1 Å². The van der Waals surface area contributed by atoms with Crippen molar-refractivity contribution in [2.75, 3.05) is 32.8 Å². The standard InChI is InChI=1S/C14H24N2O3/c1-2-19-14(18)12-4-3-7-16(9-12)10-13(17)15-8-11-5-6-11/h11-12H,2-10H2,1H3,(H,15,17)/t12-/m1/s1. The van der Waals surface area contributed by atoms with Crippen LogP contribution in [0.3, 0.4) is 0 Å². The molecule has 1 atom stereocenters. The highest BCUT2D eigenvalue weighted by atomic mass is 16.5. The zero-order valence-corrected chi connectivity index (χ0v) is 11.7. The summed E-state index contributed by atoms with van der Waals surface area (Å²) in [6, 6.07) is 0. The lowest BCUT2D eigenvalue weighted by Crippen LogP contribution is -2.44. The summed E-state index contributed by atoms with van der Waals surface area (Å²) in [5, 5.41) is 2.96. The highest BCUT2D eigenvalue weighted by Gasteiger charge is 2.28. The van der Waals surface area contributed by atoms with Gasteiger partial charge < -0.3 is 10.1 Å². The van der Waals surface area contributed by atoms with Crippen LogP contribution in [0.25, 0.3) is 0 Å². The number of likely N-dealkylation sites (tertiary alicyclic amines) is 1. The van der Waals surface area contributed by atoms with Crippen molar-refractivity contribution in [2.24, 2.45) is 11.8 Å². The summed E-state index contributed by atoms with van der Waals surface area (Å²) in [4.78, 5) is 25.5. The SMILES string of the molecule is CCOC(=O)[C@@H]1CCCN(CC(=O)NCC2CC2)C1. The van der Waals surface area contributed by atoms with Crippen LogP contribution < -0.4 is 5.32 Å². The van der Waals surface area contributed by atoms with E-state index in [0.29, 0.717) is 25.6 Å². The lowest BCUT2D eigenvalue weighted by molar-refractivity contribution is -0.150. The van der Waals surface area contributed by atoms with Gasteiger partial charge in [-0.05, 0) is 45.1 Å². The van der Waals surface area contributed by atoms with E-state index in [1.54, 1.807) is 0 Å². The lowest BCUT2D eigenvalue weighted by atomic mass is 9.98. The van der Waals surface area contributed by atoms with Gasteiger partial charge in [-0.2, -0.15) is 0 Å². The van der Waals surface area contributed by atoms with Gasteiger partial charge in [0.05, 0.1) is 19.1 Å². The summed E-state index contributed by atoms with van der Waals surface area (Å²) in [5.74, 6) is 0.601. The Hall–Kier alpha value is -1.10. The molecule has 1 amide bonds. The molecule has 1 saturated heterocycles. The van der Waals surface area contributed by atoms with Crippen molar-refractivity contribution in [3.63, 3.8) is 0 Å². The van der Waals surface area contributed by atoms with Crippen molar-refractivity contribution in [2.45, 2.75) is 32.6 Å². The molecule has 2 rings (SSSR count). The molecule has 1 saturated carbocycles. The van der Waals surface area contributed by atoms with E-state index in [0.717, 1.165) is 25.9 Å². The van der Waals surface area contributed by atoms with E-state index in [-0.39, 0.29) is 17.8 Å². The van der Waals surface area contributed by atoms with E-state index in [4.69, 9.17) is 4.74 Å². The highest BCUT2D eigenvalue weighted by molar-refractivity contribution is 5.78. The molecule has 19 heavy (non-hydrogen) atoms. The average Bonchev–Trinajstić information content (AvgIpc) is 3.21. The van der Waals surface area contributed by atoms with Crippen LogP contribution in [0.2, 0.25) is 0 Å². The Labute approximate surface area is 114 Å². The molecule has 2 fully saturated rings. The molecular formula is C14H24N2O3. The van der Waals surface area contributed by atoms with Crippen LogP contribution in [-0.2, 0) is 14.3 Å². The number of carbonyl (C=O) groups excluding carboxylic acids is 2. The molecule has 0 unspecified atom stereocenters. The van der Waals surface area contributed by atoms with Gasteiger partial charge in [0.15, 0.2) is 0 Å². The third-order valence-corrected chi connectivity index (χ3v) is 3.78. The first-order chi connectivity index (χ1) is 9.19. The van der Waals surface area contributed by atoms with Crippen molar-refractivity contribution >= 4 is 11.9 Å². The first-order valence-corrected chi connectivity index (χ1v) is 7.34. The molecule has 1 aliphatic carbocycles. The number of nitrogens with one attached hydrogen (secondary N) is 1. The van der Waals surface area contributed by atoms with Gasteiger partial charge in [-0.3, -0.25) is 14.5 Å². The molecule has 2 aliphatic rings. The minimum Gasteiger partial charge on any atom is -0.466 e. The zero-order chi connectivity index (χ0) is 13.7. The van der Waals surface area contributed by atoms with Crippen LogP contribution in [0, 0.1) is 11.8 Å². The van der Waals surface area contributed by atoms with Crippen molar-refractivity contribution in [3.8, 4) is 0 Å². The Kier molecular flexibility index (Phi) is 5.19. The fraction of sp³-hybridized carbons (Fsp3) is 0.857. The molecule has 1 N–H and O–H groups in total. The Morgan fingerprint density at radius 3 is 2.79 bits per heavy atom. The Balaban J connectivity index is 1.70. The highest BCUT2D eigenvalue weighted by Crippen LogP contribution is 2.27. The van der Waals surface area contributed by atoms with Gasteiger partial charge in [-0.1, -0.05) is 0 Å². The van der Waals surface area contributed by atoms with Crippen molar-refractivity contribution < 1.29 is 14.3 Å². The van der Waals surface area contributed by atoms with Gasteiger partial charge in [0.25, 0.3) is 0 Å². The molecule has 0 radical (unpaired) electrons. The zero-order valence-electron chi connectivity index (χ0n) is 11.7.